The molecule has 8 heteroatoms. The van der Waals surface area contributed by atoms with Gasteiger partial charge in [-0.2, -0.15) is 0 Å². The number of nitrogens with one attached hydrogen (secondary N) is 1. The third-order valence-corrected chi connectivity index (χ3v) is 6.54. The van der Waals surface area contributed by atoms with Crippen molar-refractivity contribution < 1.29 is 23.9 Å². The van der Waals surface area contributed by atoms with Gasteiger partial charge < -0.3 is 14.8 Å². The summed E-state index contributed by atoms with van der Waals surface area (Å²) in [5.74, 6) is 0.470. The van der Waals surface area contributed by atoms with Crippen molar-refractivity contribution in [3.8, 4) is 11.5 Å². The van der Waals surface area contributed by atoms with Gasteiger partial charge in [-0.25, -0.2) is 0 Å². The summed E-state index contributed by atoms with van der Waals surface area (Å²) in [5.41, 5.74) is 4.35. The third kappa shape index (κ3) is 6.80. The summed E-state index contributed by atoms with van der Waals surface area (Å²) in [6.45, 7) is 6.19. The van der Waals surface area contributed by atoms with Gasteiger partial charge in [-0.1, -0.05) is 48.0 Å². The van der Waals surface area contributed by atoms with Gasteiger partial charge in [0.05, 0.1) is 4.91 Å². The van der Waals surface area contributed by atoms with Crippen LogP contribution in [-0.2, 0) is 9.59 Å². The highest BCUT2D eigenvalue weighted by atomic mass is 32.2. The molecule has 1 N–H and O–H groups in total. The first-order valence-corrected chi connectivity index (χ1v) is 12.7. The zero-order valence-electron chi connectivity index (χ0n) is 20.9. The van der Waals surface area contributed by atoms with Crippen LogP contribution in [0, 0.1) is 20.8 Å². The molecule has 0 atom stereocenters. The normalized spacial score (nSPS) is 14.2. The smallest absolute Gasteiger partial charge is 0.294 e. The van der Waals surface area contributed by atoms with Gasteiger partial charge >= 0.3 is 0 Å². The number of aryl methyl sites for hydroxylation is 3. The average molecular weight is 517 g/mol. The van der Waals surface area contributed by atoms with E-state index in [0.29, 0.717) is 30.2 Å². The molecule has 1 aliphatic heterocycles. The molecule has 3 amide bonds. The van der Waals surface area contributed by atoms with Gasteiger partial charge in [0.1, 0.15) is 31.3 Å². The Morgan fingerprint density at radius 3 is 2.24 bits per heavy atom. The molecule has 1 heterocycles. The number of carbonyl (C=O) groups is 3. The van der Waals surface area contributed by atoms with E-state index in [-0.39, 0.29) is 11.4 Å². The highest BCUT2D eigenvalue weighted by Crippen LogP contribution is 2.33. The van der Waals surface area contributed by atoms with Gasteiger partial charge in [-0.3, -0.25) is 19.3 Å². The Morgan fingerprint density at radius 1 is 0.892 bits per heavy atom. The Morgan fingerprint density at radius 2 is 1.54 bits per heavy atom. The van der Waals surface area contributed by atoms with Gasteiger partial charge in [0.2, 0.25) is 5.91 Å². The molecule has 190 valence electrons. The Balaban J connectivity index is 1.35. The molecule has 3 aromatic rings. The second-order valence-electron chi connectivity index (χ2n) is 8.67. The summed E-state index contributed by atoms with van der Waals surface area (Å²) in [5, 5.41) is 2.36. The summed E-state index contributed by atoms with van der Waals surface area (Å²) in [4.78, 5) is 39.3. The van der Waals surface area contributed by atoms with E-state index in [4.69, 9.17) is 9.47 Å². The van der Waals surface area contributed by atoms with Crippen molar-refractivity contribution in [1.29, 1.82) is 0 Å². The molecule has 0 saturated carbocycles. The van der Waals surface area contributed by atoms with Crippen LogP contribution in [0.3, 0.4) is 0 Å². The number of hydrogen-bond donors (Lipinski definition) is 1. The number of benzene rings is 3. The molecule has 1 saturated heterocycles. The van der Waals surface area contributed by atoms with Gasteiger partial charge in [0.15, 0.2) is 0 Å². The number of amides is 3. The van der Waals surface area contributed by atoms with E-state index in [1.165, 1.54) is 0 Å². The van der Waals surface area contributed by atoms with Gasteiger partial charge in [-0.05, 0) is 79.6 Å². The molecule has 37 heavy (non-hydrogen) atoms. The minimum atomic E-state index is -0.495. The van der Waals surface area contributed by atoms with E-state index in [9.17, 15) is 14.4 Å². The molecular formula is C29H28N2O5S. The zero-order chi connectivity index (χ0) is 26.4. The van der Waals surface area contributed by atoms with Gasteiger partial charge in [0, 0.05) is 5.69 Å². The first-order valence-electron chi connectivity index (χ1n) is 11.8. The maximum Gasteiger partial charge on any atom is 0.294 e. The first kappa shape index (κ1) is 26.0. The van der Waals surface area contributed by atoms with E-state index in [2.05, 4.69) is 5.32 Å². The highest BCUT2D eigenvalue weighted by molar-refractivity contribution is 8.18. The third-order valence-electron chi connectivity index (χ3n) is 5.64. The molecule has 4 rings (SSSR count). The van der Waals surface area contributed by atoms with E-state index >= 15 is 0 Å². The fourth-order valence-electron chi connectivity index (χ4n) is 4.02. The molecular weight excluding hydrogens is 488 g/mol. The molecule has 0 bridgehead atoms. The van der Waals surface area contributed by atoms with Gasteiger partial charge in [-0.15, -0.1) is 0 Å². The number of thioether (sulfide) groups is 1. The lowest BCUT2D eigenvalue weighted by molar-refractivity contribution is -0.127. The average Bonchev–Trinajstić information content (AvgIpc) is 3.12. The van der Waals surface area contributed by atoms with Crippen molar-refractivity contribution in [2.75, 3.05) is 25.1 Å². The minimum absolute atomic E-state index is 0.255. The molecule has 7 nitrogen and oxygen atoms in total. The number of rotatable bonds is 9. The molecule has 0 spiro atoms. The van der Waals surface area contributed by atoms with Crippen LogP contribution in [0.2, 0.25) is 0 Å². The SMILES string of the molecule is Cc1cc(C)c(NC(=O)CN2C(=O)S/C(=C/c3cccc(OCCOc4ccccc4)c3)C2=O)c(C)c1. The van der Waals surface area contributed by atoms with E-state index in [0.717, 1.165) is 39.1 Å². The summed E-state index contributed by atoms with van der Waals surface area (Å²) in [7, 11) is 0. The number of hydrogen-bond acceptors (Lipinski definition) is 6. The zero-order valence-corrected chi connectivity index (χ0v) is 21.8. The Bertz CT molecular complexity index is 1330. The predicted octanol–water partition coefficient (Wildman–Crippen LogP) is 5.74. The number of para-hydroxylation sites is 1. The lowest BCUT2D eigenvalue weighted by atomic mass is 10.1. The summed E-state index contributed by atoms with van der Waals surface area (Å²) in [6, 6.07) is 20.6. The summed E-state index contributed by atoms with van der Waals surface area (Å²) in [6.07, 6.45) is 1.63. The largest absolute Gasteiger partial charge is 0.490 e. The maximum atomic E-state index is 12.9. The van der Waals surface area contributed by atoms with Crippen molar-refractivity contribution in [1.82, 2.24) is 4.90 Å². The fraction of sp³-hybridized carbons (Fsp3) is 0.207. The Kier molecular flexibility index (Phi) is 8.30. The molecule has 0 aliphatic carbocycles. The molecule has 0 radical (unpaired) electrons. The predicted molar refractivity (Wildman–Crippen MR) is 146 cm³/mol. The molecule has 0 aromatic heterocycles. The summed E-state index contributed by atoms with van der Waals surface area (Å²) >= 11 is 0.816. The van der Waals surface area contributed by atoms with Crippen LogP contribution in [0.4, 0.5) is 10.5 Å². The van der Waals surface area contributed by atoms with Crippen molar-refractivity contribution >= 4 is 40.6 Å². The lowest BCUT2D eigenvalue weighted by Crippen LogP contribution is -2.36. The molecule has 0 unspecified atom stereocenters. The second kappa shape index (κ2) is 11.8. The van der Waals surface area contributed by atoms with Gasteiger partial charge in [0.25, 0.3) is 11.1 Å². The van der Waals surface area contributed by atoms with Crippen LogP contribution in [-0.4, -0.2) is 41.7 Å². The Hall–Kier alpha value is -4.04. The van der Waals surface area contributed by atoms with E-state index in [1.807, 2.05) is 81.4 Å². The number of nitrogens with zero attached hydrogens (tertiary/aromatic N) is 1. The van der Waals surface area contributed by atoms with Crippen molar-refractivity contribution in [2.45, 2.75) is 20.8 Å². The van der Waals surface area contributed by atoms with E-state index < -0.39 is 17.1 Å². The minimum Gasteiger partial charge on any atom is -0.490 e. The van der Waals surface area contributed by atoms with Crippen LogP contribution >= 0.6 is 11.8 Å². The molecule has 3 aromatic carbocycles. The van der Waals surface area contributed by atoms with Crippen LogP contribution < -0.4 is 14.8 Å². The van der Waals surface area contributed by atoms with Crippen LogP contribution in [0.5, 0.6) is 11.5 Å². The summed E-state index contributed by atoms with van der Waals surface area (Å²) < 4.78 is 11.4. The second-order valence-corrected chi connectivity index (χ2v) is 9.67. The van der Waals surface area contributed by atoms with Crippen molar-refractivity contribution in [3.63, 3.8) is 0 Å². The number of imide groups is 1. The van der Waals surface area contributed by atoms with Crippen molar-refractivity contribution in [2.24, 2.45) is 0 Å². The molecule has 1 aliphatic rings. The van der Waals surface area contributed by atoms with Crippen LogP contribution in [0.15, 0.2) is 71.6 Å². The monoisotopic (exact) mass is 516 g/mol. The first-order chi connectivity index (χ1) is 17.8. The number of carbonyl (C=O) groups excluding carboxylic acids is 3. The topological polar surface area (TPSA) is 84.9 Å². The quantitative estimate of drug-likeness (QED) is 0.288. The highest BCUT2D eigenvalue weighted by Gasteiger charge is 2.36. The van der Waals surface area contributed by atoms with Crippen LogP contribution in [0.1, 0.15) is 22.3 Å². The number of ether oxygens (including phenoxy) is 2. The Labute approximate surface area is 220 Å². The maximum absolute atomic E-state index is 12.9. The lowest BCUT2D eigenvalue weighted by Gasteiger charge is -2.15. The van der Waals surface area contributed by atoms with E-state index in [1.54, 1.807) is 12.1 Å². The van der Waals surface area contributed by atoms with Crippen molar-refractivity contribution in [3.05, 3.63) is 93.9 Å². The molecule has 1 fully saturated rings. The fourth-order valence-corrected chi connectivity index (χ4v) is 4.86. The number of anilines is 1. The standard InChI is InChI=1S/C29H28N2O5S/c1-19-14-20(2)27(21(3)15-19)30-26(32)18-31-28(33)25(37-29(31)34)17-22-8-7-11-24(16-22)36-13-12-35-23-9-5-4-6-10-23/h4-11,14-17H,12-13,18H2,1-3H3,(H,30,32)/b25-17+. The van der Waals surface area contributed by atoms with Crippen LogP contribution in [0.25, 0.3) is 6.08 Å².